The lowest BCUT2D eigenvalue weighted by molar-refractivity contribution is -0.134. The number of esters is 1. The minimum absolute atomic E-state index is 0.366. The molecule has 0 fully saturated rings. The highest BCUT2D eigenvalue weighted by Gasteiger charge is 2.00. The van der Waals surface area contributed by atoms with Crippen molar-refractivity contribution in [2.45, 2.75) is 6.54 Å². The van der Waals surface area contributed by atoms with Crippen molar-refractivity contribution in [2.24, 2.45) is 0 Å². The van der Waals surface area contributed by atoms with Crippen LogP contribution in [-0.2, 0) is 16.1 Å². The number of fused-ring (bicyclic) bond motifs is 1. The van der Waals surface area contributed by atoms with Crippen molar-refractivity contribution in [1.29, 1.82) is 0 Å². The van der Waals surface area contributed by atoms with Crippen LogP contribution in [0.4, 0.5) is 0 Å². The van der Waals surface area contributed by atoms with E-state index in [-0.39, 0.29) is 5.97 Å². The van der Waals surface area contributed by atoms with Gasteiger partial charge in [-0.05, 0) is 41.3 Å². The van der Waals surface area contributed by atoms with Crippen molar-refractivity contribution in [3.8, 4) is 5.75 Å². The molecular formula is C20H19NO3. The maximum Gasteiger partial charge on any atom is 0.330 e. The van der Waals surface area contributed by atoms with Gasteiger partial charge in [-0.2, -0.15) is 0 Å². The number of methoxy groups -OCH3 is 1. The molecule has 24 heavy (non-hydrogen) atoms. The third kappa shape index (κ3) is 3.84. The second-order valence-corrected chi connectivity index (χ2v) is 5.34. The van der Waals surface area contributed by atoms with Gasteiger partial charge in [-0.25, -0.2) is 4.79 Å². The summed E-state index contributed by atoms with van der Waals surface area (Å²) in [5, 5.41) is 1.24. The van der Waals surface area contributed by atoms with Crippen molar-refractivity contribution in [1.82, 2.24) is 4.57 Å². The number of benzene rings is 2. The van der Waals surface area contributed by atoms with Crippen LogP contribution in [0.3, 0.4) is 0 Å². The van der Waals surface area contributed by atoms with Crippen molar-refractivity contribution in [3.05, 3.63) is 72.4 Å². The monoisotopic (exact) mass is 321 g/mol. The second kappa shape index (κ2) is 7.51. The maximum absolute atomic E-state index is 11.1. The molecule has 1 heterocycles. The van der Waals surface area contributed by atoms with Crippen LogP contribution in [-0.4, -0.2) is 24.3 Å². The van der Waals surface area contributed by atoms with E-state index in [4.69, 9.17) is 4.74 Å². The van der Waals surface area contributed by atoms with Gasteiger partial charge in [0.1, 0.15) is 12.4 Å². The Morgan fingerprint density at radius 2 is 1.88 bits per heavy atom. The summed E-state index contributed by atoms with van der Waals surface area (Å²) in [5.41, 5.74) is 2.13. The maximum atomic E-state index is 11.1. The molecule has 2 aromatic carbocycles. The van der Waals surface area contributed by atoms with Gasteiger partial charge in [-0.3, -0.25) is 0 Å². The molecule has 0 aliphatic carbocycles. The number of para-hydroxylation sites is 1. The highest BCUT2D eigenvalue weighted by molar-refractivity contribution is 5.86. The topological polar surface area (TPSA) is 40.5 Å². The molecule has 122 valence electrons. The summed E-state index contributed by atoms with van der Waals surface area (Å²) in [6, 6.07) is 18.0. The van der Waals surface area contributed by atoms with Crippen LogP contribution in [0.2, 0.25) is 0 Å². The van der Waals surface area contributed by atoms with Gasteiger partial charge in [0.15, 0.2) is 0 Å². The van der Waals surface area contributed by atoms with Gasteiger partial charge in [-0.15, -0.1) is 0 Å². The first-order chi connectivity index (χ1) is 11.8. The summed E-state index contributed by atoms with van der Waals surface area (Å²) >= 11 is 0. The molecule has 4 nitrogen and oxygen atoms in total. The van der Waals surface area contributed by atoms with Gasteiger partial charge < -0.3 is 14.0 Å². The Labute approximate surface area is 140 Å². The minimum Gasteiger partial charge on any atom is -0.492 e. The highest BCUT2D eigenvalue weighted by atomic mass is 16.5. The van der Waals surface area contributed by atoms with Crippen LogP contribution in [0.5, 0.6) is 5.75 Å². The lowest BCUT2D eigenvalue weighted by Gasteiger charge is -2.08. The zero-order chi connectivity index (χ0) is 16.8. The lowest BCUT2D eigenvalue weighted by atomic mass is 10.2. The standard InChI is InChI=1S/C20H19NO3/c1-23-20(22)11-8-16-6-9-18(10-7-16)24-15-14-21-13-12-17-4-2-3-5-19(17)21/h2-13H,14-15H2,1H3/b11-8+. The normalized spacial score (nSPS) is 11.0. The summed E-state index contributed by atoms with van der Waals surface area (Å²) in [5.74, 6) is 0.441. The predicted octanol–water partition coefficient (Wildman–Crippen LogP) is 3.91. The van der Waals surface area contributed by atoms with Crippen LogP contribution < -0.4 is 4.74 Å². The zero-order valence-electron chi connectivity index (χ0n) is 13.5. The van der Waals surface area contributed by atoms with Gasteiger partial charge in [0, 0.05) is 17.8 Å². The quantitative estimate of drug-likeness (QED) is 0.510. The third-order valence-corrected chi connectivity index (χ3v) is 3.77. The zero-order valence-corrected chi connectivity index (χ0v) is 13.5. The smallest absolute Gasteiger partial charge is 0.330 e. The molecule has 0 N–H and O–H groups in total. The van der Waals surface area contributed by atoms with E-state index >= 15 is 0 Å². The molecule has 0 unspecified atom stereocenters. The van der Waals surface area contributed by atoms with E-state index in [0.29, 0.717) is 6.61 Å². The molecule has 0 saturated carbocycles. The fourth-order valence-electron chi connectivity index (χ4n) is 2.50. The Morgan fingerprint density at radius 3 is 2.67 bits per heavy atom. The number of nitrogens with zero attached hydrogens (tertiary/aromatic N) is 1. The van der Waals surface area contributed by atoms with Crippen LogP contribution in [0, 0.1) is 0 Å². The average molecular weight is 321 g/mol. The van der Waals surface area contributed by atoms with Crippen molar-refractivity contribution in [3.63, 3.8) is 0 Å². The fraction of sp³-hybridized carbons (Fsp3) is 0.150. The second-order valence-electron chi connectivity index (χ2n) is 5.34. The number of rotatable bonds is 6. The predicted molar refractivity (Wildman–Crippen MR) is 94.9 cm³/mol. The molecule has 0 radical (unpaired) electrons. The summed E-state index contributed by atoms with van der Waals surface area (Å²) < 4.78 is 12.5. The number of aromatic nitrogens is 1. The van der Waals surface area contributed by atoms with Gasteiger partial charge in [0.2, 0.25) is 0 Å². The van der Waals surface area contributed by atoms with E-state index in [1.54, 1.807) is 6.08 Å². The number of ether oxygens (including phenoxy) is 2. The molecule has 1 aromatic heterocycles. The Morgan fingerprint density at radius 1 is 1.08 bits per heavy atom. The van der Waals surface area contributed by atoms with E-state index < -0.39 is 0 Å². The molecule has 0 saturated heterocycles. The number of carbonyl (C=O) groups excluding carboxylic acids is 1. The number of hydrogen-bond acceptors (Lipinski definition) is 3. The van der Waals surface area contributed by atoms with Gasteiger partial charge in [0.25, 0.3) is 0 Å². The first-order valence-electron chi connectivity index (χ1n) is 7.79. The van der Waals surface area contributed by atoms with Crippen LogP contribution in [0.15, 0.2) is 66.9 Å². The third-order valence-electron chi connectivity index (χ3n) is 3.77. The molecule has 4 heteroatoms. The largest absolute Gasteiger partial charge is 0.492 e. The van der Waals surface area contributed by atoms with Crippen molar-refractivity contribution < 1.29 is 14.3 Å². The average Bonchev–Trinajstić information content (AvgIpc) is 3.04. The Kier molecular flexibility index (Phi) is 4.96. The lowest BCUT2D eigenvalue weighted by Crippen LogP contribution is -2.07. The molecule has 0 aliphatic rings. The van der Waals surface area contributed by atoms with E-state index in [0.717, 1.165) is 17.9 Å². The Bertz CT molecular complexity index is 847. The SMILES string of the molecule is COC(=O)/C=C/c1ccc(OCCn2ccc3ccccc32)cc1. The van der Waals surface area contributed by atoms with Gasteiger partial charge in [0.05, 0.1) is 13.7 Å². The van der Waals surface area contributed by atoms with Crippen LogP contribution in [0.25, 0.3) is 17.0 Å². The summed E-state index contributed by atoms with van der Waals surface area (Å²) in [6.45, 7) is 1.38. The molecule has 0 amide bonds. The molecule has 0 bridgehead atoms. The number of hydrogen-bond donors (Lipinski definition) is 0. The van der Waals surface area contributed by atoms with Crippen molar-refractivity contribution >= 4 is 22.9 Å². The van der Waals surface area contributed by atoms with E-state index in [1.165, 1.54) is 24.1 Å². The summed E-state index contributed by atoms with van der Waals surface area (Å²) in [7, 11) is 1.36. The van der Waals surface area contributed by atoms with Gasteiger partial charge >= 0.3 is 5.97 Å². The Hall–Kier alpha value is -3.01. The van der Waals surface area contributed by atoms with Crippen LogP contribution in [0.1, 0.15) is 5.56 Å². The highest BCUT2D eigenvalue weighted by Crippen LogP contribution is 2.16. The molecule has 0 aliphatic heterocycles. The Balaban J connectivity index is 1.55. The molecule has 0 spiro atoms. The van der Waals surface area contributed by atoms with E-state index in [2.05, 4.69) is 33.7 Å². The fourth-order valence-corrected chi connectivity index (χ4v) is 2.50. The van der Waals surface area contributed by atoms with E-state index in [1.807, 2.05) is 36.4 Å². The van der Waals surface area contributed by atoms with Gasteiger partial charge in [-0.1, -0.05) is 30.3 Å². The van der Waals surface area contributed by atoms with Crippen molar-refractivity contribution in [2.75, 3.05) is 13.7 Å². The molecule has 3 aromatic rings. The van der Waals surface area contributed by atoms with Crippen LogP contribution >= 0.6 is 0 Å². The molecule has 0 atom stereocenters. The minimum atomic E-state index is -0.366. The molecule has 3 rings (SSSR count). The first-order valence-corrected chi connectivity index (χ1v) is 7.79. The number of carbonyl (C=O) groups is 1. The summed E-state index contributed by atoms with van der Waals surface area (Å²) in [4.78, 5) is 11.1. The summed E-state index contributed by atoms with van der Waals surface area (Å²) in [6.07, 6.45) is 5.18. The first kappa shape index (κ1) is 15.9. The molecular weight excluding hydrogens is 302 g/mol. The van der Waals surface area contributed by atoms with E-state index in [9.17, 15) is 4.79 Å².